The predicted molar refractivity (Wildman–Crippen MR) is 61.0 cm³/mol. The van der Waals surface area contributed by atoms with Crippen LogP contribution in [0.25, 0.3) is 10.8 Å². The van der Waals surface area contributed by atoms with Gasteiger partial charge in [-0.05, 0) is 30.4 Å². The van der Waals surface area contributed by atoms with Crippen LogP contribution in [0.5, 0.6) is 0 Å². The first kappa shape index (κ1) is 10.5. The molecule has 80 valence electrons. The summed E-state index contributed by atoms with van der Waals surface area (Å²) in [7, 11) is 0. The summed E-state index contributed by atoms with van der Waals surface area (Å²) in [6, 6.07) is 8.83. The molecule has 1 N–H and O–H groups in total. The zero-order valence-electron chi connectivity index (χ0n) is 8.73. The topological polar surface area (TPSA) is 50.4 Å². The van der Waals surface area contributed by atoms with Crippen LogP contribution in [0.1, 0.15) is 12.7 Å². The van der Waals surface area contributed by atoms with Gasteiger partial charge in [-0.15, -0.1) is 0 Å². The maximum absolute atomic E-state index is 11.5. The zero-order valence-corrected chi connectivity index (χ0v) is 8.73. The minimum atomic E-state index is -0.739. The lowest BCUT2D eigenvalue weighted by atomic mass is 10.2. The van der Waals surface area contributed by atoms with Gasteiger partial charge in [-0.1, -0.05) is 24.1 Å². The molecule has 0 aliphatic rings. The van der Waals surface area contributed by atoms with Gasteiger partial charge in [0.1, 0.15) is 6.10 Å². The molecule has 0 bridgehead atoms. The van der Waals surface area contributed by atoms with Crippen LogP contribution in [0, 0.1) is 11.8 Å². The summed E-state index contributed by atoms with van der Waals surface area (Å²) < 4.78 is 5.00. The Morgan fingerprint density at radius 2 is 2.12 bits per heavy atom. The molecule has 3 nitrogen and oxygen atoms in total. The maximum Gasteiger partial charge on any atom is 0.344 e. The average Bonchev–Trinajstić information content (AvgIpc) is 2.26. The SMILES string of the molecule is C[C@H](O)C#Cc1cc2ccccc2c(=O)o1. The summed E-state index contributed by atoms with van der Waals surface area (Å²) >= 11 is 0. The smallest absolute Gasteiger partial charge is 0.344 e. The molecule has 1 heterocycles. The lowest BCUT2D eigenvalue weighted by Gasteiger charge is -1.96. The van der Waals surface area contributed by atoms with Crippen molar-refractivity contribution in [3.05, 3.63) is 46.5 Å². The molecule has 0 unspecified atom stereocenters. The number of benzene rings is 1. The molecule has 1 atom stereocenters. The average molecular weight is 214 g/mol. The number of aliphatic hydroxyl groups is 1. The van der Waals surface area contributed by atoms with Gasteiger partial charge in [0.05, 0.1) is 5.39 Å². The molecule has 1 aromatic carbocycles. The largest absolute Gasteiger partial charge is 0.414 e. The number of rotatable bonds is 0. The Labute approximate surface area is 92.3 Å². The van der Waals surface area contributed by atoms with E-state index in [0.717, 1.165) is 5.39 Å². The third-order valence-corrected chi connectivity index (χ3v) is 2.07. The Morgan fingerprint density at radius 1 is 1.38 bits per heavy atom. The molecule has 1 aromatic heterocycles. The van der Waals surface area contributed by atoms with Crippen molar-refractivity contribution in [2.75, 3.05) is 0 Å². The van der Waals surface area contributed by atoms with Crippen molar-refractivity contribution in [3.63, 3.8) is 0 Å². The molecule has 16 heavy (non-hydrogen) atoms. The van der Waals surface area contributed by atoms with Crippen molar-refractivity contribution in [1.82, 2.24) is 0 Å². The van der Waals surface area contributed by atoms with Crippen molar-refractivity contribution in [2.24, 2.45) is 0 Å². The van der Waals surface area contributed by atoms with Crippen molar-refractivity contribution in [2.45, 2.75) is 13.0 Å². The zero-order chi connectivity index (χ0) is 11.5. The second kappa shape index (κ2) is 4.21. The van der Waals surface area contributed by atoms with Crippen LogP contribution in [0.15, 0.2) is 39.5 Å². The molecular formula is C13H10O3. The van der Waals surface area contributed by atoms with E-state index in [0.29, 0.717) is 5.39 Å². The lowest BCUT2D eigenvalue weighted by molar-refractivity contribution is 0.253. The van der Waals surface area contributed by atoms with Gasteiger partial charge in [-0.3, -0.25) is 0 Å². The first-order chi connectivity index (χ1) is 7.66. The van der Waals surface area contributed by atoms with E-state index in [-0.39, 0.29) is 5.76 Å². The quantitative estimate of drug-likeness (QED) is 0.676. The van der Waals surface area contributed by atoms with E-state index >= 15 is 0 Å². The van der Waals surface area contributed by atoms with Crippen LogP contribution in [-0.4, -0.2) is 11.2 Å². The van der Waals surface area contributed by atoms with E-state index < -0.39 is 11.7 Å². The Kier molecular flexibility index (Phi) is 2.76. The molecule has 0 aliphatic carbocycles. The van der Waals surface area contributed by atoms with Gasteiger partial charge < -0.3 is 9.52 Å². The Morgan fingerprint density at radius 3 is 2.88 bits per heavy atom. The molecular weight excluding hydrogens is 204 g/mol. The van der Waals surface area contributed by atoms with E-state index in [1.165, 1.54) is 0 Å². The highest BCUT2D eigenvalue weighted by Gasteiger charge is 2.01. The maximum atomic E-state index is 11.5. The fourth-order valence-electron chi connectivity index (χ4n) is 1.37. The lowest BCUT2D eigenvalue weighted by Crippen LogP contribution is -2.00. The van der Waals surface area contributed by atoms with Crippen molar-refractivity contribution >= 4 is 10.8 Å². The van der Waals surface area contributed by atoms with Crippen LogP contribution < -0.4 is 5.63 Å². The van der Waals surface area contributed by atoms with E-state index in [4.69, 9.17) is 9.52 Å². The number of aliphatic hydroxyl groups excluding tert-OH is 1. The molecule has 2 rings (SSSR count). The summed E-state index contributed by atoms with van der Waals surface area (Å²) in [6.45, 7) is 1.55. The molecule has 3 heteroatoms. The Bertz CT molecular complexity index is 627. The second-order valence-corrected chi connectivity index (χ2v) is 3.43. The standard InChI is InChI=1S/C13H10O3/c1-9(14)6-7-11-8-10-4-2-3-5-12(10)13(15)16-11/h2-5,8-9,14H,1H3/t9-/m0/s1. The van der Waals surface area contributed by atoms with E-state index in [2.05, 4.69) is 11.8 Å². The Hall–Kier alpha value is -2.05. The van der Waals surface area contributed by atoms with Gasteiger partial charge in [0, 0.05) is 0 Å². The number of hydrogen-bond acceptors (Lipinski definition) is 3. The third kappa shape index (κ3) is 2.13. The highest BCUT2D eigenvalue weighted by Crippen LogP contribution is 2.10. The second-order valence-electron chi connectivity index (χ2n) is 3.43. The summed E-state index contributed by atoms with van der Waals surface area (Å²) in [5.74, 6) is 5.41. The van der Waals surface area contributed by atoms with E-state index in [1.807, 2.05) is 12.1 Å². The van der Waals surface area contributed by atoms with Gasteiger partial charge in [-0.2, -0.15) is 0 Å². The van der Waals surface area contributed by atoms with Crippen LogP contribution >= 0.6 is 0 Å². The summed E-state index contributed by atoms with van der Waals surface area (Å²) in [5.41, 5.74) is -0.409. The van der Waals surface area contributed by atoms with Gasteiger partial charge in [0.2, 0.25) is 0 Å². The highest BCUT2D eigenvalue weighted by atomic mass is 16.4. The fraction of sp³-hybridized carbons (Fsp3) is 0.154. The molecule has 0 amide bonds. The van der Waals surface area contributed by atoms with Crippen LogP contribution in [-0.2, 0) is 0 Å². The fourth-order valence-corrected chi connectivity index (χ4v) is 1.37. The van der Waals surface area contributed by atoms with Crippen LogP contribution in [0.2, 0.25) is 0 Å². The predicted octanol–water partition coefficient (Wildman–Crippen LogP) is 1.53. The van der Waals surface area contributed by atoms with Crippen molar-refractivity contribution in [1.29, 1.82) is 0 Å². The minimum Gasteiger partial charge on any atom is -0.414 e. The molecule has 0 fully saturated rings. The highest BCUT2D eigenvalue weighted by molar-refractivity contribution is 5.81. The summed E-state index contributed by atoms with van der Waals surface area (Å²) in [4.78, 5) is 11.5. The van der Waals surface area contributed by atoms with Gasteiger partial charge >= 0.3 is 5.63 Å². The van der Waals surface area contributed by atoms with Crippen molar-refractivity contribution in [3.8, 4) is 11.8 Å². The summed E-state index contributed by atoms with van der Waals surface area (Å²) in [6.07, 6.45) is -0.739. The van der Waals surface area contributed by atoms with Crippen LogP contribution in [0.3, 0.4) is 0 Å². The molecule has 0 saturated carbocycles. The van der Waals surface area contributed by atoms with E-state index in [1.54, 1.807) is 25.1 Å². The molecule has 2 aromatic rings. The van der Waals surface area contributed by atoms with Crippen LogP contribution in [0.4, 0.5) is 0 Å². The minimum absolute atomic E-state index is 0.268. The summed E-state index contributed by atoms with van der Waals surface area (Å²) in [5, 5.41) is 10.3. The molecule has 0 spiro atoms. The van der Waals surface area contributed by atoms with E-state index in [9.17, 15) is 4.79 Å². The first-order valence-corrected chi connectivity index (χ1v) is 4.89. The first-order valence-electron chi connectivity index (χ1n) is 4.89. The Balaban J connectivity index is 2.60. The van der Waals surface area contributed by atoms with Crippen molar-refractivity contribution < 1.29 is 9.52 Å². The third-order valence-electron chi connectivity index (χ3n) is 2.07. The van der Waals surface area contributed by atoms with Gasteiger partial charge in [0.25, 0.3) is 0 Å². The molecule has 0 radical (unpaired) electrons. The van der Waals surface area contributed by atoms with Gasteiger partial charge in [0.15, 0.2) is 5.76 Å². The normalized spacial score (nSPS) is 11.9. The molecule has 0 saturated heterocycles. The number of hydrogen-bond donors (Lipinski definition) is 1. The molecule has 0 aliphatic heterocycles. The monoisotopic (exact) mass is 214 g/mol. The van der Waals surface area contributed by atoms with Gasteiger partial charge in [-0.25, -0.2) is 4.79 Å². The number of fused-ring (bicyclic) bond motifs is 1.